The maximum Gasteiger partial charge on any atom is 0.335 e. The van der Waals surface area contributed by atoms with Gasteiger partial charge in [0.2, 0.25) is 5.91 Å². The van der Waals surface area contributed by atoms with Crippen LogP contribution in [0.5, 0.6) is 0 Å². The van der Waals surface area contributed by atoms with Crippen LogP contribution in [0.2, 0.25) is 5.02 Å². The van der Waals surface area contributed by atoms with E-state index in [0.717, 1.165) is 31.5 Å². The summed E-state index contributed by atoms with van der Waals surface area (Å²) in [5, 5.41) is 30.7. The van der Waals surface area contributed by atoms with Gasteiger partial charge in [0.05, 0.1) is 11.3 Å². The van der Waals surface area contributed by atoms with E-state index in [0.29, 0.717) is 28.9 Å². The monoisotopic (exact) mass is 495 g/mol. The summed E-state index contributed by atoms with van der Waals surface area (Å²) in [6.07, 6.45) is 7.57. The molecule has 0 saturated carbocycles. The minimum atomic E-state index is -0.969. The van der Waals surface area contributed by atoms with Gasteiger partial charge in [0, 0.05) is 41.0 Å². The first-order chi connectivity index (χ1) is 17.0. The Labute approximate surface area is 207 Å². The number of nitrogens with zero attached hydrogens (tertiary/aromatic N) is 4. The van der Waals surface area contributed by atoms with Crippen molar-refractivity contribution in [1.29, 1.82) is 0 Å². The number of benzene rings is 2. The Bertz CT molecular complexity index is 1180. The molecular weight excluding hydrogens is 470 g/mol. The fraction of sp³-hybridized carbons (Fsp3) is 0.292. The van der Waals surface area contributed by atoms with E-state index in [4.69, 9.17) is 16.7 Å². The van der Waals surface area contributed by atoms with Crippen LogP contribution in [0.25, 0.3) is 11.8 Å². The summed E-state index contributed by atoms with van der Waals surface area (Å²) in [4.78, 5) is 23.9. The fourth-order valence-corrected chi connectivity index (χ4v) is 4.20. The van der Waals surface area contributed by atoms with Crippen molar-refractivity contribution < 1.29 is 14.7 Å². The molecule has 11 heteroatoms. The van der Waals surface area contributed by atoms with Crippen molar-refractivity contribution in [1.82, 2.24) is 30.8 Å². The zero-order valence-electron chi connectivity index (χ0n) is 18.9. The van der Waals surface area contributed by atoms with Crippen LogP contribution in [0.4, 0.5) is 5.69 Å². The van der Waals surface area contributed by atoms with Gasteiger partial charge >= 0.3 is 5.97 Å². The number of amides is 1. The maximum atomic E-state index is 12.8. The quantitative estimate of drug-likeness (QED) is 0.315. The minimum absolute atomic E-state index is 0.139. The number of aromatic nitrogens is 4. The fourth-order valence-electron chi connectivity index (χ4n) is 4.02. The third kappa shape index (κ3) is 6.87. The third-order valence-electron chi connectivity index (χ3n) is 5.76. The summed E-state index contributed by atoms with van der Waals surface area (Å²) < 4.78 is 1.50. The van der Waals surface area contributed by atoms with Crippen LogP contribution in [-0.2, 0) is 4.79 Å². The molecule has 4 rings (SSSR count). The first-order valence-electron chi connectivity index (χ1n) is 11.3. The molecule has 0 unspecified atom stereocenters. The molecule has 1 fully saturated rings. The normalized spacial score (nSPS) is 16.3. The van der Waals surface area contributed by atoms with Gasteiger partial charge in [0.15, 0.2) is 0 Å². The standard InChI is InChI=1S/C24H26ClN7O3/c25-18-6-9-22(32-15-28-30-31-32)17(12-18)5-10-23(33)29-21(13-20-2-1-11-26-20)14-27-19-7-3-16(4-8-19)24(34)35/h3-10,12,15,20-21,26-27H,1-2,11,13-14H2,(H,29,33)(H,34,35)/b10-5+/t20-,21-/m0/s1. The number of carbonyl (C=O) groups is 2. The molecule has 1 aromatic heterocycles. The van der Waals surface area contributed by atoms with Crippen LogP contribution < -0.4 is 16.0 Å². The highest BCUT2D eigenvalue weighted by Gasteiger charge is 2.20. The summed E-state index contributed by atoms with van der Waals surface area (Å²) >= 11 is 6.16. The molecule has 1 aliphatic heterocycles. The molecule has 1 saturated heterocycles. The Morgan fingerprint density at radius 3 is 2.77 bits per heavy atom. The van der Waals surface area contributed by atoms with Gasteiger partial charge in [0.1, 0.15) is 6.33 Å². The summed E-state index contributed by atoms with van der Waals surface area (Å²) in [7, 11) is 0. The Kier molecular flexibility index (Phi) is 8.07. The highest BCUT2D eigenvalue weighted by atomic mass is 35.5. The maximum absolute atomic E-state index is 12.8. The highest BCUT2D eigenvalue weighted by molar-refractivity contribution is 6.30. The Hall–Kier alpha value is -3.76. The molecule has 3 aromatic rings. The van der Waals surface area contributed by atoms with Crippen LogP contribution in [0.15, 0.2) is 54.9 Å². The van der Waals surface area contributed by atoms with E-state index in [2.05, 4.69) is 31.5 Å². The predicted octanol–water partition coefficient (Wildman–Crippen LogP) is 2.77. The van der Waals surface area contributed by atoms with Crippen molar-refractivity contribution in [2.75, 3.05) is 18.4 Å². The largest absolute Gasteiger partial charge is 0.478 e. The van der Waals surface area contributed by atoms with Crippen LogP contribution in [-0.4, -0.2) is 62.4 Å². The molecule has 4 N–H and O–H groups in total. The second-order valence-electron chi connectivity index (χ2n) is 8.29. The third-order valence-corrected chi connectivity index (χ3v) is 6.00. The van der Waals surface area contributed by atoms with Gasteiger partial charge in [-0.2, -0.15) is 4.68 Å². The van der Waals surface area contributed by atoms with Crippen LogP contribution in [0.3, 0.4) is 0 Å². The van der Waals surface area contributed by atoms with E-state index >= 15 is 0 Å². The van der Waals surface area contributed by atoms with Gasteiger partial charge in [-0.15, -0.1) is 5.10 Å². The predicted molar refractivity (Wildman–Crippen MR) is 133 cm³/mol. The molecule has 1 aliphatic rings. The van der Waals surface area contributed by atoms with Crippen molar-refractivity contribution in [2.24, 2.45) is 0 Å². The van der Waals surface area contributed by atoms with Gasteiger partial charge in [-0.25, -0.2) is 4.79 Å². The molecule has 35 heavy (non-hydrogen) atoms. The molecular formula is C24H26ClN7O3. The molecule has 1 amide bonds. The number of carbonyl (C=O) groups excluding carboxylic acids is 1. The lowest BCUT2D eigenvalue weighted by molar-refractivity contribution is -0.117. The lowest BCUT2D eigenvalue weighted by atomic mass is 10.0. The second kappa shape index (κ2) is 11.6. The van der Waals surface area contributed by atoms with E-state index in [1.165, 1.54) is 17.1 Å². The highest BCUT2D eigenvalue weighted by Crippen LogP contribution is 2.20. The van der Waals surface area contributed by atoms with Crippen molar-refractivity contribution in [3.8, 4) is 5.69 Å². The molecule has 0 bridgehead atoms. The van der Waals surface area contributed by atoms with Gasteiger partial charge in [-0.05, 0) is 84.8 Å². The Morgan fingerprint density at radius 2 is 2.09 bits per heavy atom. The van der Waals surface area contributed by atoms with Gasteiger partial charge in [-0.3, -0.25) is 4.79 Å². The topological polar surface area (TPSA) is 134 Å². The number of aromatic carboxylic acids is 1. The number of anilines is 1. The van der Waals surface area contributed by atoms with E-state index in [-0.39, 0.29) is 17.5 Å². The second-order valence-corrected chi connectivity index (χ2v) is 8.73. The molecule has 2 aromatic carbocycles. The van der Waals surface area contributed by atoms with Gasteiger partial charge in [0.25, 0.3) is 0 Å². The summed E-state index contributed by atoms with van der Waals surface area (Å²) in [5.41, 5.74) is 2.41. The van der Waals surface area contributed by atoms with Gasteiger partial charge < -0.3 is 21.1 Å². The number of rotatable bonds is 10. The number of tetrazole rings is 1. The van der Waals surface area contributed by atoms with Crippen LogP contribution in [0, 0.1) is 0 Å². The molecule has 10 nitrogen and oxygen atoms in total. The van der Waals surface area contributed by atoms with Crippen LogP contribution >= 0.6 is 11.6 Å². The molecule has 0 radical (unpaired) electrons. The molecule has 0 spiro atoms. The molecule has 2 heterocycles. The average Bonchev–Trinajstić information content (AvgIpc) is 3.56. The van der Waals surface area contributed by atoms with Crippen molar-refractivity contribution in [3.63, 3.8) is 0 Å². The van der Waals surface area contributed by atoms with E-state index < -0.39 is 5.97 Å². The summed E-state index contributed by atoms with van der Waals surface area (Å²) in [6, 6.07) is 12.0. The Morgan fingerprint density at radius 1 is 1.26 bits per heavy atom. The number of carboxylic acid groups (broad SMARTS) is 1. The zero-order valence-corrected chi connectivity index (χ0v) is 19.7. The number of halogens is 1. The SMILES string of the molecule is O=C(/C=C/c1cc(Cl)ccc1-n1cnnn1)N[C@H](CNc1ccc(C(=O)O)cc1)C[C@@H]1CCCN1. The number of hydrogen-bond acceptors (Lipinski definition) is 7. The van der Waals surface area contributed by atoms with E-state index in [1.54, 1.807) is 48.5 Å². The number of carboxylic acids is 1. The first kappa shape index (κ1) is 24.4. The lowest BCUT2D eigenvalue weighted by Crippen LogP contribution is -2.42. The lowest BCUT2D eigenvalue weighted by Gasteiger charge is -2.22. The van der Waals surface area contributed by atoms with E-state index in [1.807, 2.05) is 0 Å². The van der Waals surface area contributed by atoms with Crippen molar-refractivity contribution in [3.05, 3.63) is 71.0 Å². The Balaban J connectivity index is 1.42. The molecule has 182 valence electrons. The first-order valence-corrected chi connectivity index (χ1v) is 11.7. The summed E-state index contributed by atoms with van der Waals surface area (Å²) in [6.45, 7) is 1.47. The molecule has 2 atom stereocenters. The van der Waals surface area contributed by atoms with Crippen molar-refractivity contribution >= 4 is 35.2 Å². The van der Waals surface area contributed by atoms with Crippen LogP contribution in [0.1, 0.15) is 35.2 Å². The average molecular weight is 496 g/mol. The van der Waals surface area contributed by atoms with Gasteiger partial charge in [-0.1, -0.05) is 11.6 Å². The minimum Gasteiger partial charge on any atom is -0.478 e. The number of nitrogens with one attached hydrogen (secondary N) is 3. The smallest absolute Gasteiger partial charge is 0.335 e. The molecule has 0 aliphatic carbocycles. The number of hydrogen-bond donors (Lipinski definition) is 4. The summed E-state index contributed by atoms with van der Waals surface area (Å²) in [5.74, 6) is -1.21. The van der Waals surface area contributed by atoms with Crippen molar-refractivity contribution in [2.45, 2.75) is 31.3 Å². The zero-order chi connectivity index (χ0) is 24.6. The van der Waals surface area contributed by atoms with E-state index in [9.17, 15) is 9.59 Å².